The molecule has 1 aliphatic rings. The van der Waals surface area contributed by atoms with Gasteiger partial charge in [0.2, 0.25) is 6.10 Å². The maximum Gasteiger partial charge on any atom is 0.353 e. The second-order valence-corrected chi connectivity index (χ2v) is 4.90. The number of nitrogens with zero attached hydrogens (tertiary/aromatic N) is 1. The lowest BCUT2D eigenvalue weighted by Crippen LogP contribution is -2.29. The number of halogens is 1. The molecular formula is C12H11BrN2O4. The van der Waals surface area contributed by atoms with Crippen LogP contribution in [-0.2, 0) is 14.4 Å². The molecule has 1 atom stereocenters. The zero-order chi connectivity index (χ0) is 14.0. The molecule has 1 aromatic rings. The Hall–Kier alpha value is -1.89. The minimum Gasteiger partial charge on any atom is -0.477 e. The smallest absolute Gasteiger partial charge is 0.353 e. The number of benzene rings is 1. The highest BCUT2D eigenvalue weighted by molar-refractivity contribution is 9.10. The van der Waals surface area contributed by atoms with Crippen LogP contribution in [0.1, 0.15) is 12.0 Å². The van der Waals surface area contributed by atoms with Crippen LogP contribution in [0.5, 0.6) is 0 Å². The topological polar surface area (TPSA) is 88.0 Å². The molecule has 1 aromatic carbocycles. The zero-order valence-electron chi connectivity index (χ0n) is 10.0. The van der Waals surface area contributed by atoms with E-state index < -0.39 is 18.0 Å². The van der Waals surface area contributed by atoms with Gasteiger partial charge in [-0.05, 0) is 24.6 Å². The zero-order valence-corrected chi connectivity index (χ0v) is 11.6. The second-order valence-electron chi connectivity index (χ2n) is 4.04. The molecule has 0 spiro atoms. The molecule has 0 radical (unpaired) electrons. The molecule has 2 N–H and O–H groups in total. The molecule has 100 valence electrons. The summed E-state index contributed by atoms with van der Waals surface area (Å²) in [6.07, 6.45) is -0.932. The van der Waals surface area contributed by atoms with Gasteiger partial charge in [-0.3, -0.25) is 4.79 Å². The van der Waals surface area contributed by atoms with Crippen LogP contribution in [0, 0.1) is 6.92 Å². The molecule has 0 bridgehead atoms. The predicted octanol–water partition coefficient (Wildman–Crippen LogP) is 1.93. The molecule has 0 saturated carbocycles. The van der Waals surface area contributed by atoms with E-state index in [0.29, 0.717) is 5.69 Å². The summed E-state index contributed by atoms with van der Waals surface area (Å²) in [5, 5.41) is 14.8. The summed E-state index contributed by atoms with van der Waals surface area (Å²) in [6.45, 7) is 1.86. The normalized spacial score (nSPS) is 17.6. The Morgan fingerprint density at radius 2 is 2.26 bits per heavy atom. The number of carboxylic acid groups (broad SMARTS) is 1. The van der Waals surface area contributed by atoms with Gasteiger partial charge in [0.15, 0.2) is 5.71 Å². The fourth-order valence-corrected chi connectivity index (χ4v) is 1.97. The largest absolute Gasteiger partial charge is 0.477 e. The highest BCUT2D eigenvalue weighted by Crippen LogP contribution is 2.24. The quantitative estimate of drug-likeness (QED) is 0.888. The molecule has 7 heteroatoms. The van der Waals surface area contributed by atoms with Crippen molar-refractivity contribution in [2.24, 2.45) is 5.16 Å². The maximum absolute atomic E-state index is 11.9. The van der Waals surface area contributed by atoms with Crippen molar-refractivity contribution in [3.05, 3.63) is 28.2 Å². The van der Waals surface area contributed by atoms with Gasteiger partial charge in [0.25, 0.3) is 5.91 Å². The summed E-state index contributed by atoms with van der Waals surface area (Å²) >= 11 is 3.37. The Bertz CT molecular complexity index is 571. The standard InChI is InChI=1S/C12H11BrN2O4/c1-6-7(13)3-2-4-8(6)14-11(16)10-5-9(12(17)18)15-19-10/h2-4,10H,5H2,1H3,(H,14,16)(H,17,18). The monoisotopic (exact) mass is 326 g/mol. The van der Waals surface area contributed by atoms with Crippen molar-refractivity contribution in [1.29, 1.82) is 0 Å². The number of amides is 1. The first-order valence-corrected chi connectivity index (χ1v) is 6.30. The van der Waals surface area contributed by atoms with Crippen molar-refractivity contribution in [3.8, 4) is 0 Å². The molecule has 0 fully saturated rings. The van der Waals surface area contributed by atoms with Crippen molar-refractivity contribution < 1.29 is 19.5 Å². The molecule has 19 heavy (non-hydrogen) atoms. The average Bonchev–Trinajstić information content (AvgIpc) is 2.84. The summed E-state index contributed by atoms with van der Waals surface area (Å²) in [4.78, 5) is 27.4. The first kappa shape index (κ1) is 13.5. The van der Waals surface area contributed by atoms with Gasteiger partial charge in [0.05, 0.1) is 0 Å². The summed E-state index contributed by atoms with van der Waals surface area (Å²) in [5.74, 6) is -1.59. The predicted molar refractivity (Wildman–Crippen MR) is 72.1 cm³/mol. The van der Waals surface area contributed by atoms with E-state index in [1.54, 1.807) is 12.1 Å². The SMILES string of the molecule is Cc1c(Br)cccc1NC(=O)C1CC(C(=O)O)=NO1. The summed E-state index contributed by atoms with van der Waals surface area (Å²) in [6, 6.07) is 5.41. The number of carbonyl (C=O) groups is 2. The van der Waals surface area contributed by atoms with Gasteiger partial charge < -0.3 is 15.3 Å². The number of hydrogen-bond acceptors (Lipinski definition) is 4. The maximum atomic E-state index is 11.9. The first-order valence-electron chi connectivity index (χ1n) is 5.51. The van der Waals surface area contributed by atoms with Crippen LogP contribution in [-0.4, -0.2) is 28.8 Å². The number of oxime groups is 1. The molecule has 1 aliphatic heterocycles. The Morgan fingerprint density at radius 3 is 2.89 bits per heavy atom. The molecular weight excluding hydrogens is 316 g/mol. The Balaban J connectivity index is 2.03. The number of aliphatic carboxylic acids is 1. The summed E-state index contributed by atoms with van der Waals surface area (Å²) in [5.41, 5.74) is 1.38. The number of nitrogens with one attached hydrogen (secondary N) is 1. The van der Waals surface area contributed by atoms with E-state index in [2.05, 4.69) is 26.4 Å². The second kappa shape index (κ2) is 5.40. The van der Waals surface area contributed by atoms with E-state index in [-0.39, 0.29) is 12.1 Å². The molecule has 2 rings (SSSR count). The Morgan fingerprint density at radius 1 is 1.53 bits per heavy atom. The van der Waals surface area contributed by atoms with Gasteiger partial charge in [0.1, 0.15) is 0 Å². The van der Waals surface area contributed by atoms with E-state index >= 15 is 0 Å². The molecule has 1 heterocycles. The van der Waals surface area contributed by atoms with Crippen LogP contribution >= 0.6 is 15.9 Å². The van der Waals surface area contributed by atoms with Gasteiger partial charge in [0, 0.05) is 16.6 Å². The summed E-state index contributed by atoms with van der Waals surface area (Å²) in [7, 11) is 0. The first-order chi connectivity index (χ1) is 8.99. The van der Waals surface area contributed by atoms with Gasteiger partial charge >= 0.3 is 5.97 Å². The van der Waals surface area contributed by atoms with Crippen molar-refractivity contribution in [1.82, 2.24) is 0 Å². The van der Waals surface area contributed by atoms with Crippen molar-refractivity contribution in [3.63, 3.8) is 0 Å². The number of hydrogen-bond donors (Lipinski definition) is 2. The van der Waals surface area contributed by atoms with E-state index in [9.17, 15) is 9.59 Å². The van der Waals surface area contributed by atoms with E-state index in [1.807, 2.05) is 13.0 Å². The average molecular weight is 327 g/mol. The lowest BCUT2D eigenvalue weighted by molar-refractivity contribution is -0.129. The molecule has 1 amide bonds. The molecule has 0 aromatic heterocycles. The third kappa shape index (κ3) is 2.93. The minimum atomic E-state index is -1.17. The van der Waals surface area contributed by atoms with Crippen LogP contribution in [0.3, 0.4) is 0 Å². The van der Waals surface area contributed by atoms with Gasteiger partial charge in [-0.25, -0.2) is 4.79 Å². The fraction of sp³-hybridized carbons (Fsp3) is 0.250. The Kier molecular flexibility index (Phi) is 3.84. The van der Waals surface area contributed by atoms with E-state index in [4.69, 9.17) is 9.94 Å². The van der Waals surface area contributed by atoms with Crippen molar-refractivity contribution >= 4 is 39.2 Å². The van der Waals surface area contributed by atoms with Crippen LogP contribution < -0.4 is 5.32 Å². The third-order valence-corrected chi connectivity index (χ3v) is 3.59. The lowest BCUT2D eigenvalue weighted by Gasteiger charge is -2.12. The molecule has 0 aliphatic carbocycles. The third-order valence-electron chi connectivity index (χ3n) is 2.73. The minimum absolute atomic E-state index is 0.0335. The van der Waals surface area contributed by atoms with Crippen LogP contribution in [0.2, 0.25) is 0 Å². The number of carbonyl (C=O) groups excluding carboxylic acids is 1. The highest BCUT2D eigenvalue weighted by Gasteiger charge is 2.31. The van der Waals surface area contributed by atoms with Crippen LogP contribution in [0.25, 0.3) is 0 Å². The molecule has 6 nitrogen and oxygen atoms in total. The molecule has 1 unspecified atom stereocenters. The molecule has 0 saturated heterocycles. The number of rotatable bonds is 3. The van der Waals surface area contributed by atoms with E-state index in [0.717, 1.165) is 10.0 Å². The fourth-order valence-electron chi connectivity index (χ4n) is 1.60. The van der Waals surface area contributed by atoms with Gasteiger partial charge in [-0.1, -0.05) is 27.2 Å². The lowest BCUT2D eigenvalue weighted by atomic mass is 10.1. The van der Waals surface area contributed by atoms with Crippen LogP contribution in [0.15, 0.2) is 27.8 Å². The van der Waals surface area contributed by atoms with Gasteiger partial charge in [-0.2, -0.15) is 0 Å². The van der Waals surface area contributed by atoms with E-state index in [1.165, 1.54) is 0 Å². The summed E-state index contributed by atoms with van der Waals surface area (Å²) < 4.78 is 0.875. The number of anilines is 1. The Labute approximate surface area is 117 Å². The number of carboxylic acids is 1. The van der Waals surface area contributed by atoms with Crippen molar-refractivity contribution in [2.75, 3.05) is 5.32 Å². The van der Waals surface area contributed by atoms with Crippen LogP contribution in [0.4, 0.5) is 5.69 Å². The van der Waals surface area contributed by atoms with Gasteiger partial charge in [-0.15, -0.1) is 0 Å². The van der Waals surface area contributed by atoms with Crippen molar-refractivity contribution in [2.45, 2.75) is 19.4 Å². The highest BCUT2D eigenvalue weighted by atomic mass is 79.9.